The fourth-order valence-electron chi connectivity index (χ4n) is 2.96. The minimum atomic E-state index is 0.199. The molecular formula is C16H24N2O. The van der Waals surface area contributed by atoms with Gasteiger partial charge in [-0.2, -0.15) is 0 Å². The molecule has 1 aromatic rings. The number of carbonyl (C=O) groups excluding carboxylic acids is 1. The van der Waals surface area contributed by atoms with E-state index in [-0.39, 0.29) is 5.91 Å². The van der Waals surface area contributed by atoms with Crippen LogP contribution in [0.2, 0.25) is 0 Å². The Balaban J connectivity index is 1.95. The first-order valence-electron chi connectivity index (χ1n) is 7.16. The maximum atomic E-state index is 12.3. The van der Waals surface area contributed by atoms with E-state index in [0.29, 0.717) is 12.5 Å². The van der Waals surface area contributed by atoms with Gasteiger partial charge in [-0.05, 0) is 36.5 Å². The van der Waals surface area contributed by atoms with E-state index >= 15 is 0 Å². The van der Waals surface area contributed by atoms with Gasteiger partial charge in [-0.3, -0.25) is 4.79 Å². The molecule has 2 atom stereocenters. The third-order valence-electron chi connectivity index (χ3n) is 4.16. The summed E-state index contributed by atoms with van der Waals surface area (Å²) in [5.41, 5.74) is 7.47. The molecule has 104 valence electrons. The predicted molar refractivity (Wildman–Crippen MR) is 78.7 cm³/mol. The monoisotopic (exact) mass is 260 g/mol. The van der Waals surface area contributed by atoms with E-state index in [1.807, 2.05) is 36.2 Å². The minimum absolute atomic E-state index is 0.199. The van der Waals surface area contributed by atoms with Crippen LogP contribution < -0.4 is 5.73 Å². The summed E-state index contributed by atoms with van der Waals surface area (Å²) in [5, 5.41) is 0. The molecule has 1 aromatic carbocycles. The molecule has 2 N–H and O–H groups in total. The Kier molecular flexibility index (Phi) is 4.46. The first-order chi connectivity index (χ1) is 9.06. The molecule has 3 nitrogen and oxygen atoms in total. The van der Waals surface area contributed by atoms with Gasteiger partial charge >= 0.3 is 0 Å². The van der Waals surface area contributed by atoms with Gasteiger partial charge in [-0.25, -0.2) is 0 Å². The van der Waals surface area contributed by atoms with Crippen LogP contribution in [0.15, 0.2) is 24.3 Å². The van der Waals surface area contributed by atoms with Crippen molar-refractivity contribution >= 4 is 11.6 Å². The van der Waals surface area contributed by atoms with Crippen molar-refractivity contribution in [1.82, 2.24) is 4.90 Å². The van der Waals surface area contributed by atoms with Crippen molar-refractivity contribution < 1.29 is 4.79 Å². The Bertz CT molecular complexity index is 444. The van der Waals surface area contributed by atoms with Crippen LogP contribution in [0, 0.1) is 5.92 Å². The zero-order valence-corrected chi connectivity index (χ0v) is 11.9. The standard InChI is InChI=1S/C16H24N2O/c1-12-5-3-8-15(9-12)18(2)16(19)11-13-6-4-7-14(17)10-13/h4,6-7,10,12,15H,3,5,8-9,11,17H2,1-2H3. The van der Waals surface area contributed by atoms with Gasteiger partial charge in [0.05, 0.1) is 6.42 Å². The molecule has 0 spiro atoms. The van der Waals surface area contributed by atoms with E-state index in [0.717, 1.165) is 30.0 Å². The van der Waals surface area contributed by atoms with E-state index in [9.17, 15) is 4.79 Å². The summed E-state index contributed by atoms with van der Waals surface area (Å²) in [6.07, 6.45) is 5.27. The van der Waals surface area contributed by atoms with Crippen molar-refractivity contribution in [3.63, 3.8) is 0 Å². The summed E-state index contributed by atoms with van der Waals surface area (Å²) in [6, 6.07) is 8.01. The smallest absolute Gasteiger partial charge is 0.226 e. The zero-order chi connectivity index (χ0) is 13.8. The zero-order valence-electron chi connectivity index (χ0n) is 11.9. The van der Waals surface area contributed by atoms with Gasteiger partial charge < -0.3 is 10.6 Å². The van der Waals surface area contributed by atoms with Crippen LogP contribution in [0.3, 0.4) is 0 Å². The number of anilines is 1. The summed E-state index contributed by atoms with van der Waals surface area (Å²) in [5.74, 6) is 0.936. The van der Waals surface area contributed by atoms with Crippen LogP contribution in [0.25, 0.3) is 0 Å². The number of likely N-dealkylation sites (N-methyl/N-ethyl adjacent to an activating group) is 1. The van der Waals surface area contributed by atoms with Gasteiger partial charge in [-0.1, -0.05) is 31.9 Å². The number of rotatable bonds is 3. The lowest BCUT2D eigenvalue weighted by Crippen LogP contribution is -2.40. The fourth-order valence-corrected chi connectivity index (χ4v) is 2.96. The maximum Gasteiger partial charge on any atom is 0.226 e. The third kappa shape index (κ3) is 3.72. The SMILES string of the molecule is CC1CCCC(N(C)C(=O)Cc2cccc(N)c2)C1. The first kappa shape index (κ1) is 13.9. The van der Waals surface area contributed by atoms with Crippen molar-refractivity contribution in [2.75, 3.05) is 12.8 Å². The number of carbonyl (C=O) groups is 1. The highest BCUT2D eigenvalue weighted by molar-refractivity contribution is 5.79. The van der Waals surface area contributed by atoms with E-state index in [1.54, 1.807) is 0 Å². The van der Waals surface area contributed by atoms with Crippen LogP contribution in [-0.4, -0.2) is 23.9 Å². The third-order valence-corrected chi connectivity index (χ3v) is 4.16. The largest absolute Gasteiger partial charge is 0.399 e. The van der Waals surface area contributed by atoms with Crippen molar-refractivity contribution in [3.05, 3.63) is 29.8 Å². The Morgan fingerprint density at radius 3 is 2.89 bits per heavy atom. The molecule has 0 heterocycles. The Labute approximate surface area is 115 Å². The molecule has 3 heteroatoms. The average Bonchev–Trinajstić information content (AvgIpc) is 2.38. The molecule has 0 aromatic heterocycles. The van der Waals surface area contributed by atoms with Gasteiger partial charge in [0.2, 0.25) is 5.91 Å². The highest BCUT2D eigenvalue weighted by Crippen LogP contribution is 2.27. The lowest BCUT2D eigenvalue weighted by atomic mass is 9.86. The van der Waals surface area contributed by atoms with Crippen LogP contribution in [0.4, 0.5) is 5.69 Å². The summed E-state index contributed by atoms with van der Waals surface area (Å²) < 4.78 is 0. The molecule has 19 heavy (non-hydrogen) atoms. The second-order valence-electron chi connectivity index (χ2n) is 5.85. The van der Waals surface area contributed by atoms with Gasteiger partial charge in [-0.15, -0.1) is 0 Å². The van der Waals surface area contributed by atoms with E-state index in [4.69, 9.17) is 5.73 Å². The fraction of sp³-hybridized carbons (Fsp3) is 0.562. The molecule has 2 rings (SSSR count). The first-order valence-corrected chi connectivity index (χ1v) is 7.16. The van der Waals surface area contributed by atoms with Gasteiger partial charge in [0.25, 0.3) is 0 Å². The molecule has 1 saturated carbocycles. The summed E-state index contributed by atoms with van der Waals surface area (Å²) in [6.45, 7) is 2.28. The molecule has 0 aliphatic heterocycles. The molecule has 1 aliphatic rings. The Morgan fingerprint density at radius 1 is 1.42 bits per heavy atom. The maximum absolute atomic E-state index is 12.3. The molecular weight excluding hydrogens is 236 g/mol. The second-order valence-corrected chi connectivity index (χ2v) is 5.85. The number of hydrogen-bond acceptors (Lipinski definition) is 2. The molecule has 1 fully saturated rings. The van der Waals surface area contributed by atoms with Crippen molar-refractivity contribution in [2.24, 2.45) is 5.92 Å². The van der Waals surface area contributed by atoms with Crippen LogP contribution in [0.1, 0.15) is 38.2 Å². The number of nitrogens with zero attached hydrogens (tertiary/aromatic N) is 1. The summed E-state index contributed by atoms with van der Waals surface area (Å²) in [4.78, 5) is 14.3. The Morgan fingerprint density at radius 2 is 2.21 bits per heavy atom. The lowest BCUT2D eigenvalue weighted by Gasteiger charge is -2.34. The van der Waals surface area contributed by atoms with Crippen LogP contribution in [-0.2, 0) is 11.2 Å². The van der Waals surface area contributed by atoms with Gasteiger partial charge in [0.15, 0.2) is 0 Å². The van der Waals surface area contributed by atoms with E-state index in [1.165, 1.54) is 12.8 Å². The molecule has 0 bridgehead atoms. The molecule has 1 aliphatic carbocycles. The number of amides is 1. The van der Waals surface area contributed by atoms with Crippen LogP contribution >= 0.6 is 0 Å². The number of hydrogen-bond donors (Lipinski definition) is 1. The van der Waals surface area contributed by atoms with E-state index < -0.39 is 0 Å². The molecule has 0 radical (unpaired) electrons. The average molecular weight is 260 g/mol. The second kappa shape index (κ2) is 6.09. The van der Waals surface area contributed by atoms with E-state index in [2.05, 4.69) is 6.92 Å². The quantitative estimate of drug-likeness (QED) is 0.849. The number of nitrogen functional groups attached to an aromatic ring is 1. The highest BCUT2D eigenvalue weighted by Gasteiger charge is 2.25. The predicted octanol–water partition coefficient (Wildman–Crippen LogP) is 2.85. The highest BCUT2D eigenvalue weighted by atomic mass is 16.2. The normalized spacial score (nSPS) is 23.1. The summed E-state index contributed by atoms with van der Waals surface area (Å²) >= 11 is 0. The molecule has 0 saturated heterocycles. The number of benzene rings is 1. The molecule has 1 amide bonds. The molecule has 2 unspecified atom stereocenters. The Hall–Kier alpha value is -1.51. The van der Waals surface area contributed by atoms with Gasteiger partial charge in [0, 0.05) is 18.8 Å². The van der Waals surface area contributed by atoms with Crippen molar-refractivity contribution in [1.29, 1.82) is 0 Å². The minimum Gasteiger partial charge on any atom is -0.399 e. The van der Waals surface area contributed by atoms with Crippen LogP contribution in [0.5, 0.6) is 0 Å². The lowest BCUT2D eigenvalue weighted by molar-refractivity contribution is -0.132. The topological polar surface area (TPSA) is 46.3 Å². The van der Waals surface area contributed by atoms with Crippen molar-refractivity contribution in [2.45, 2.75) is 45.1 Å². The van der Waals surface area contributed by atoms with Gasteiger partial charge in [0.1, 0.15) is 0 Å². The number of nitrogens with two attached hydrogens (primary N) is 1. The van der Waals surface area contributed by atoms with Crippen molar-refractivity contribution in [3.8, 4) is 0 Å². The summed E-state index contributed by atoms with van der Waals surface area (Å²) in [7, 11) is 1.94.